The molecular formula is C17H32O2. The third-order valence-corrected chi connectivity index (χ3v) is 3.34. The largest absolute Gasteiger partial charge is 0.468 e. The molecule has 0 aromatic carbocycles. The zero-order chi connectivity index (χ0) is 14.0. The molecule has 0 aliphatic heterocycles. The van der Waals surface area contributed by atoms with Crippen molar-refractivity contribution in [3.05, 3.63) is 12.2 Å². The Hall–Kier alpha value is -0.790. The summed E-state index contributed by atoms with van der Waals surface area (Å²) in [6.07, 6.45) is 20.1. The first-order chi connectivity index (χ1) is 9.41. The number of carbonyl (C=O) groups is 1. The molecule has 0 heterocycles. The number of unbranched alkanes of at least 4 members (excludes halogenated alkanes) is 10. The van der Waals surface area contributed by atoms with E-state index < -0.39 is 0 Å². The highest BCUT2D eigenvalue weighted by Crippen LogP contribution is 2.08. The third-order valence-electron chi connectivity index (χ3n) is 3.34. The summed E-state index contributed by atoms with van der Waals surface area (Å²) in [5.74, 6) is 0. The van der Waals surface area contributed by atoms with Crippen molar-refractivity contribution in [2.24, 2.45) is 0 Å². The quantitative estimate of drug-likeness (QED) is 0.225. The highest BCUT2D eigenvalue weighted by Gasteiger charge is 1.90. The van der Waals surface area contributed by atoms with Crippen LogP contribution >= 0.6 is 0 Å². The van der Waals surface area contributed by atoms with Crippen LogP contribution in [0.25, 0.3) is 0 Å². The number of hydrogen-bond donors (Lipinski definition) is 0. The normalized spacial score (nSPS) is 11.0. The fourth-order valence-electron chi connectivity index (χ4n) is 2.13. The topological polar surface area (TPSA) is 26.3 Å². The van der Waals surface area contributed by atoms with Gasteiger partial charge in [-0.15, -0.1) is 0 Å². The highest BCUT2D eigenvalue weighted by atomic mass is 16.5. The molecule has 0 amide bonds. The van der Waals surface area contributed by atoms with Crippen LogP contribution in [-0.4, -0.2) is 13.1 Å². The lowest BCUT2D eigenvalue weighted by atomic mass is 10.1. The average molecular weight is 268 g/mol. The molecule has 0 aliphatic carbocycles. The molecule has 0 atom stereocenters. The van der Waals surface area contributed by atoms with E-state index >= 15 is 0 Å². The molecule has 0 radical (unpaired) electrons. The first-order valence-corrected chi connectivity index (χ1v) is 8.12. The summed E-state index contributed by atoms with van der Waals surface area (Å²) in [5.41, 5.74) is 0. The first kappa shape index (κ1) is 18.2. The molecule has 0 fully saturated rings. The molecule has 0 rings (SSSR count). The monoisotopic (exact) mass is 268 g/mol. The van der Waals surface area contributed by atoms with Crippen molar-refractivity contribution in [1.29, 1.82) is 0 Å². The van der Waals surface area contributed by atoms with E-state index in [1.807, 2.05) is 0 Å². The molecule has 0 spiro atoms. The second-order valence-corrected chi connectivity index (χ2v) is 5.20. The van der Waals surface area contributed by atoms with Crippen LogP contribution in [0.4, 0.5) is 0 Å². The lowest BCUT2D eigenvalue weighted by Crippen LogP contribution is -1.90. The minimum absolute atomic E-state index is 0.533. The lowest BCUT2D eigenvalue weighted by Gasteiger charge is -1.99. The zero-order valence-electron chi connectivity index (χ0n) is 12.7. The van der Waals surface area contributed by atoms with Crippen LogP contribution in [0.1, 0.15) is 84.0 Å². The SMILES string of the molecule is CCCCCCCCC=CCCCCCCOC=O. The van der Waals surface area contributed by atoms with E-state index in [1.54, 1.807) is 0 Å². The molecule has 0 aliphatic rings. The van der Waals surface area contributed by atoms with Crippen molar-refractivity contribution in [2.45, 2.75) is 84.0 Å². The van der Waals surface area contributed by atoms with Crippen molar-refractivity contribution in [2.75, 3.05) is 6.61 Å². The Morgan fingerprint density at radius 2 is 1.26 bits per heavy atom. The summed E-state index contributed by atoms with van der Waals surface area (Å²) in [6, 6.07) is 0. The van der Waals surface area contributed by atoms with Crippen molar-refractivity contribution < 1.29 is 9.53 Å². The maximum Gasteiger partial charge on any atom is 0.293 e. The zero-order valence-corrected chi connectivity index (χ0v) is 12.7. The van der Waals surface area contributed by atoms with Crippen LogP contribution in [0.5, 0.6) is 0 Å². The Labute approximate surface area is 119 Å². The van der Waals surface area contributed by atoms with E-state index in [-0.39, 0.29) is 0 Å². The van der Waals surface area contributed by atoms with Gasteiger partial charge in [-0.2, -0.15) is 0 Å². The number of allylic oxidation sites excluding steroid dienone is 2. The van der Waals surface area contributed by atoms with Crippen molar-refractivity contribution in [3.63, 3.8) is 0 Å². The minimum atomic E-state index is 0.533. The van der Waals surface area contributed by atoms with Crippen LogP contribution in [-0.2, 0) is 9.53 Å². The Morgan fingerprint density at radius 3 is 1.84 bits per heavy atom. The van der Waals surface area contributed by atoms with Crippen LogP contribution in [0.3, 0.4) is 0 Å². The maximum atomic E-state index is 9.91. The standard InChI is InChI=1S/C17H32O2/c1-2-3-4-5-6-7-8-9-10-11-12-13-14-15-16-19-17-18/h9-10,17H,2-8,11-16H2,1H3. The minimum Gasteiger partial charge on any atom is -0.468 e. The molecule has 0 aromatic rings. The average Bonchev–Trinajstić information content (AvgIpc) is 2.43. The summed E-state index contributed by atoms with van der Waals surface area (Å²) in [6.45, 7) is 3.38. The van der Waals surface area contributed by atoms with Crippen LogP contribution in [0, 0.1) is 0 Å². The van der Waals surface area contributed by atoms with E-state index in [1.165, 1.54) is 70.6 Å². The fourth-order valence-corrected chi connectivity index (χ4v) is 2.13. The van der Waals surface area contributed by atoms with Gasteiger partial charge in [0.2, 0.25) is 0 Å². The predicted molar refractivity (Wildman–Crippen MR) is 82.2 cm³/mol. The molecule has 19 heavy (non-hydrogen) atoms. The Balaban J connectivity index is 3.03. The van der Waals surface area contributed by atoms with Gasteiger partial charge in [-0.1, -0.05) is 64.0 Å². The van der Waals surface area contributed by atoms with Gasteiger partial charge in [0.05, 0.1) is 6.61 Å². The molecule has 0 saturated heterocycles. The molecule has 2 nitrogen and oxygen atoms in total. The molecule has 0 N–H and O–H groups in total. The van der Waals surface area contributed by atoms with Gasteiger partial charge < -0.3 is 4.74 Å². The predicted octanol–water partition coefficient (Wildman–Crippen LogP) is 5.42. The number of ether oxygens (including phenoxy) is 1. The summed E-state index contributed by atoms with van der Waals surface area (Å²) in [5, 5.41) is 0. The van der Waals surface area contributed by atoms with E-state index in [4.69, 9.17) is 0 Å². The summed E-state index contributed by atoms with van der Waals surface area (Å²) in [4.78, 5) is 9.91. The molecule has 0 bridgehead atoms. The van der Waals surface area contributed by atoms with Gasteiger partial charge in [0.25, 0.3) is 6.47 Å². The number of carbonyl (C=O) groups excluding carboxylic acids is 1. The first-order valence-electron chi connectivity index (χ1n) is 8.12. The second kappa shape index (κ2) is 17.2. The maximum absolute atomic E-state index is 9.91. The number of hydrogen-bond acceptors (Lipinski definition) is 2. The van der Waals surface area contributed by atoms with Crippen LogP contribution in [0.2, 0.25) is 0 Å². The van der Waals surface area contributed by atoms with Crippen molar-refractivity contribution in [3.8, 4) is 0 Å². The number of rotatable bonds is 15. The Bertz CT molecular complexity index is 199. The lowest BCUT2D eigenvalue weighted by molar-refractivity contribution is -0.128. The molecule has 0 unspecified atom stereocenters. The van der Waals surface area contributed by atoms with Crippen LogP contribution in [0.15, 0.2) is 12.2 Å². The summed E-state index contributed by atoms with van der Waals surface area (Å²) >= 11 is 0. The van der Waals surface area contributed by atoms with Gasteiger partial charge in [-0.3, -0.25) is 4.79 Å². The molecule has 0 saturated carbocycles. The second-order valence-electron chi connectivity index (χ2n) is 5.20. The van der Waals surface area contributed by atoms with Crippen molar-refractivity contribution >= 4 is 6.47 Å². The van der Waals surface area contributed by atoms with Crippen LogP contribution < -0.4 is 0 Å². The Morgan fingerprint density at radius 1 is 0.737 bits per heavy atom. The molecule has 0 aromatic heterocycles. The van der Waals surface area contributed by atoms with E-state index in [9.17, 15) is 4.79 Å². The fraction of sp³-hybridized carbons (Fsp3) is 0.824. The third kappa shape index (κ3) is 17.2. The molecular weight excluding hydrogens is 236 g/mol. The Kier molecular flexibility index (Phi) is 16.5. The van der Waals surface area contributed by atoms with Gasteiger partial charge in [-0.25, -0.2) is 0 Å². The van der Waals surface area contributed by atoms with E-state index in [0.29, 0.717) is 13.1 Å². The van der Waals surface area contributed by atoms with E-state index in [0.717, 1.165) is 6.42 Å². The highest BCUT2D eigenvalue weighted by molar-refractivity contribution is 5.36. The van der Waals surface area contributed by atoms with Gasteiger partial charge in [0.1, 0.15) is 0 Å². The van der Waals surface area contributed by atoms with Crippen molar-refractivity contribution in [1.82, 2.24) is 0 Å². The van der Waals surface area contributed by atoms with Gasteiger partial charge in [0.15, 0.2) is 0 Å². The molecule has 2 heteroatoms. The smallest absolute Gasteiger partial charge is 0.293 e. The molecule has 112 valence electrons. The summed E-state index contributed by atoms with van der Waals surface area (Å²) < 4.78 is 4.65. The van der Waals surface area contributed by atoms with Gasteiger partial charge >= 0.3 is 0 Å². The van der Waals surface area contributed by atoms with Gasteiger partial charge in [0, 0.05) is 0 Å². The van der Waals surface area contributed by atoms with Gasteiger partial charge in [-0.05, 0) is 32.1 Å². The summed E-state index contributed by atoms with van der Waals surface area (Å²) in [7, 11) is 0. The van der Waals surface area contributed by atoms with E-state index in [2.05, 4.69) is 23.8 Å².